The van der Waals surface area contributed by atoms with Crippen LogP contribution in [-0.2, 0) is 0 Å². The number of rotatable bonds is 4. The second-order valence-electron chi connectivity index (χ2n) is 4.95. The quantitative estimate of drug-likeness (QED) is 0.781. The lowest BCUT2D eigenvalue weighted by Crippen LogP contribution is -2.29. The fraction of sp³-hybridized carbons (Fsp3) is 0.462. The Bertz CT molecular complexity index is 439. The zero-order valence-electron chi connectivity index (χ0n) is 10.2. The first kappa shape index (κ1) is 11.8. The molecule has 0 radical (unpaired) electrons. The van der Waals surface area contributed by atoms with Crippen molar-refractivity contribution in [3.05, 3.63) is 23.8 Å². The van der Waals surface area contributed by atoms with Gasteiger partial charge in [0.1, 0.15) is 5.75 Å². The Morgan fingerprint density at radius 3 is 2.76 bits per heavy atom. The fourth-order valence-electron chi connectivity index (χ4n) is 1.66. The van der Waals surface area contributed by atoms with Gasteiger partial charge >= 0.3 is 0 Å². The molecule has 0 atom stereocenters. The number of benzene rings is 1. The van der Waals surface area contributed by atoms with Crippen molar-refractivity contribution in [1.82, 2.24) is 5.32 Å². The maximum atomic E-state index is 11.9. The highest BCUT2D eigenvalue weighted by Gasteiger charge is 2.37. The number of methoxy groups -OCH3 is 1. The molecule has 0 saturated heterocycles. The highest BCUT2D eigenvalue weighted by molar-refractivity contribution is 5.95. The van der Waals surface area contributed by atoms with Crippen molar-refractivity contribution >= 4 is 11.6 Å². The molecule has 0 aromatic heterocycles. The molecule has 92 valence electrons. The molecule has 3 N–H and O–H groups in total. The van der Waals surface area contributed by atoms with E-state index in [9.17, 15) is 4.79 Å². The van der Waals surface area contributed by atoms with Gasteiger partial charge in [-0.1, -0.05) is 6.92 Å². The molecular weight excluding hydrogens is 216 g/mol. The van der Waals surface area contributed by atoms with Gasteiger partial charge in [-0.25, -0.2) is 0 Å². The SMILES string of the molecule is COc1ccc(C(=O)NCC2(C)CC2)cc1N. The van der Waals surface area contributed by atoms with Crippen LogP contribution in [-0.4, -0.2) is 19.6 Å². The van der Waals surface area contributed by atoms with Crippen LogP contribution in [0.2, 0.25) is 0 Å². The van der Waals surface area contributed by atoms with Gasteiger partial charge in [0.2, 0.25) is 0 Å². The average Bonchev–Trinajstić information content (AvgIpc) is 3.05. The number of hydrogen-bond donors (Lipinski definition) is 2. The van der Waals surface area contributed by atoms with E-state index in [4.69, 9.17) is 10.5 Å². The number of anilines is 1. The van der Waals surface area contributed by atoms with E-state index in [1.165, 1.54) is 12.8 Å². The minimum atomic E-state index is -0.0764. The van der Waals surface area contributed by atoms with Crippen molar-refractivity contribution in [2.75, 3.05) is 19.4 Å². The number of hydrogen-bond acceptors (Lipinski definition) is 3. The van der Waals surface area contributed by atoms with Crippen molar-refractivity contribution in [2.45, 2.75) is 19.8 Å². The summed E-state index contributed by atoms with van der Waals surface area (Å²) in [6.07, 6.45) is 2.38. The zero-order valence-corrected chi connectivity index (χ0v) is 10.2. The van der Waals surface area contributed by atoms with Crippen LogP contribution < -0.4 is 15.8 Å². The summed E-state index contributed by atoms with van der Waals surface area (Å²) in [5, 5.41) is 2.93. The minimum absolute atomic E-state index is 0.0764. The predicted octanol–water partition coefficient (Wildman–Crippen LogP) is 1.81. The first-order valence-corrected chi connectivity index (χ1v) is 5.76. The molecule has 0 spiro atoms. The molecule has 17 heavy (non-hydrogen) atoms. The normalized spacial score (nSPS) is 16.4. The highest BCUT2D eigenvalue weighted by atomic mass is 16.5. The topological polar surface area (TPSA) is 64.3 Å². The average molecular weight is 234 g/mol. The summed E-state index contributed by atoms with van der Waals surface area (Å²) in [4.78, 5) is 11.9. The number of carbonyl (C=O) groups excluding carboxylic acids is 1. The standard InChI is InChI=1S/C13H18N2O2/c1-13(5-6-13)8-15-12(16)9-3-4-11(17-2)10(14)7-9/h3-4,7H,5-6,8,14H2,1-2H3,(H,15,16). The van der Waals surface area contributed by atoms with E-state index in [1.807, 2.05) is 0 Å². The van der Waals surface area contributed by atoms with Gasteiger partial charge in [-0.2, -0.15) is 0 Å². The molecule has 0 bridgehead atoms. The number of amides is 1. The number of carbonyl (C=O) groups is 1. The molecule has 1 aromatic rings. The van der Waals surface area contributed by atoms with Gasteiger partial charge in [0, 0.05) is 12.1 Å². The lowest BCUT2D eigenvalue weighted by Gasteiger charge is -2.11. The van der Waals surface area contributed by atoms with E-state index in [2.05, 4.69) is 12.2 Å². The van der Waals surface area contributed by atoms with Crippen LogP contribution in [0.1, 0.15) is 30.1 Å². The van der Waals surface area contributed by atoms with E-state index in [-0.39, 0.29) is 5.91 Å². The molecule has 0 aliphatic heterocycles. The summed E-state index contributed by atoms with van der Waals surface area (Å²) in [5.74, 6) is 0.517. The first-order chi connectivity index (χ1) is 8.04. The van der Waals surface area contributed by atoms with E-state index in [1.54, 1.807) is 25.3 Å². The Morgan fingerprint density at radius 1 is 1.53 bits per heavy atom. The first-order valence-electron chi connectivity index (χ1n) is 5.76. The molecule has 4 nitrogen and oxygen atoms in total. The highest BCUT2D eigenvalue weighted by Crippen LogP contribution is 2.44. The zero-order chi connectivity index (χ0) is 12.5. The van der Waals surface area contributed by atoms with Gasteiger partial charge in [-0.3, -0.25) is 4.79 Å². The van der Waals surface area contributed by atoms with Crippen LogP contribution in [0.5, 0.6) is 5.75 Å². The van der Waals surface area contributed by atoms with Crippen LogP contribution in [0.25, 0.3) is 0 Å². The van der Waals surface area contributed by atoms with Gasteiger partial charge < -0.3 is 15.8 Å². The van der Waals surface area contributed by atoms with Gasteiger partial charge in [-0.05, 0) is 36.5 Å². The Morgan fingerprint density at radius 2 is 2.24 bits per heavy atom. The third-order valence-corrected chi connectivity index (χ3v) is 3.27. The van der Waals surface area contributed by atoms with E-state index < -0.39 is 0 Å². The van der Waals surface area contributed by atoms with E-state index in [0.29, 0.717) is 22.4 Å². The summed E-state index contributed by atoms with van der Waals surface area (Å²) in [6.45, 7) is 2.91. The summed E-state index contributed by atoms with van der Waals surface area (Å²) < 4.78 is 5.05. The number of nitrogens with one attached hydrogen (secondary N) is 1. The van der Waals surface area contributed by atoms with Gasteiger partial charge in [0.25, 0.3) is 5.91 Å². The molecule has 0 heterocycles. The molecule has 1 saturated carbocycles. The van der Waals surface area contributed by atoms with Crippen LogP contribution in [0.4, 0.5) is 5.69 Å². The van der Waals surface area contributed by atoms with Crippen molar-refractivity contribution in [3.63, 3.8) is 0 Å². The third-order valence-electron chi connectivity index (χ3n) is 3.27. The lowest BCUT2D eigenvalue weighted by atomic mass is 10.1. The largest absolute Gasteiger partial charge is 0.495 e. The summed E-state index contributed by atoms with van der Waals surface area (Å²) >= 11 is 0. The van der Waals surface area contributed by atoms with Crippen molar-refractivity contribution < 1.29 is 9.53 Å². The second kappa shape index (κ2) is 4.28. The smallest absolute Gasteiger partial charge is 0.251 e. The Kier molecular flexibility index (Phi) is 2.96. The number of nitrogens with two attached hydrogens (primary N) is 1. The number of nitrogen functional groups attached to an aromatic ring is 1. The third kappa shape index (κ3) is 2.70. The van der Waals surface area contributed by atoms with Crippen molar-refractivity contribution in [3.8, 4) is 5.75 Å². The predicted molar refractivity (Wildman–Crippen MR) is 67.1 cm³/mol. The Balaban J connectivity index is 2.01. The maximum absolute atomic E-state index is 11.9. The van der Waals surface area contributed by atoms with Crippen molar-refractivity contribution in [2.24, 2.45) is 5.41 Å². The summed E-state index contributed by atoms with van der Waals surface area (Å²) in [5.41, 5.74) is 7.13. The van der Waals surface area contributed by atoms with Crippen molar-refractivity contribution in [1.29, 1.82) is 0 Å². The molecule has 0 unspecified atom stereocenters. The van der Waals surface area contributed by atoms with Gasteiger partial charge in [-0.15, -0.1) is 0 Å². The fourth-order valence-corrected chi connectivity index (χ4v) is 1.66. The molecule has 1 amide bonds. The molecule has 1 aliphatic carbocycles. The van der Waals surface area contributed by atoms with Crippen LogP contribution in [0, 0.1) is 5.41 Å². The van der Waals surface area contributed by atoms with Gasteiger partial charge in [0.15, 0.2) is 0 Å². The van der Waals surface area contributed by atoms with Crippen LogP contribution in [0.15, 0.2) is 18.2 Å². The molecular formula is C13H18N2O2. The minimum Gasteiger partial charge on any atom is -0.495 e. The lowest BCUT2D eigenvalue weighted by molar-refractivity contribution is 0.0946. The Labute approximate surface area is 101 Å². The molecule has 1 fully saturated rings. The van der Waals surface area contributed by atoms with Crippen LogP contribution in [0.3, 0.4) is 0 Å². The van der Waals surface area contributed by atoms with E-state index >= 15 is 0 Å². The monoisotopic (exact) mass is 234 g/mol. The van der Waals surface area contributed by atoms with Crippen LogP contribution >= 0.6 is 0 Å². The Hall–Kier alpha value is -1.71. The number of ether oxygens (including phenoxy) is 1. The maximum Gasteiger partial charge on any atom is 0.251 e. The van der Waals surface area contributed by atoms with Gasteiger partial charge in [0.05, 0.1) is 12.8 Å². The summed E-state index contributed by atoms with van der Waals surface area (Å²) in [7, 11) is 1.55. The molecule has 1 aliphatic rings. The summed E-state index contributed by atoms with van der Waals surface area (Å²) in [6, 6.07) is 5.08. The molecule has 4 heteroatoms. The van der Waals surface area contributed by atoms with E-state index in [0.717, 1.165) is 6.54 Å². The molecule has 2 rings (SSSR count). The molecule has 1 aromatic carbocycles. The second-order valence-corrected chi connectivity index (χ2v) is 4.95.